The van der Waals surface area contributed by atoms with Crippen molar-refractivity contribution in [3.63, 3.8) is 0 Å². The molecule has 2 aromatic heterocycles. The SMILES string of the molecule is O=C(CSc1nnnn1C1CC1)N1CCN(Cc2ccc(Br)s2)CC1. The van der Waals surface area contributed by atoms with Crippen molar-refractivity contribution in [2.75, 3.05) is 31.9 Å². The number of nitrogens with zero attached hydrogens (tertiary/aromatic N) is 6. The first-order valence-electron chi connectivity index (χ1n) is 8.34. The van der Waals surface area contributed by atoms with Crippen molar-refractivity contribution in [2.45, 2.75) is 30.6 Å². The van der Waals surface area contributed by atoms with E-state index in [-0.39, 0.29) is 5.91 Å². The zero-order valence-electron chi connectivity index (χ0n) is 13.7. The fourth-order valence-corrected chi connectivity index (χ4v) is 5.23. The molecular formula is C15H19BrN6OS2. The van der Waals surface area contributed by atoms with E-state index in [0.717, 1.165) is 50.7 Å². The van der Waals surface area contributed by atoms with Gasteiger partial charge in [-0.2, -0.15) is 0 Å². The molecule has 1 aliphatic heterocycles. The first-order chi connectivity index (χ1) is 12.2. The molecule has 0 unspecified atom stereocenters. The summed E-state index contributed by atoms with van der Waals surface area (Å²) in [6.45, 7) is 4.39. The molecule has 2 aliphatic rings. The number of carbonyl (C=O) groups is 1. The van der Waals surface area contributed by atoms with E-state index in [1.165, 1.54) is 20.4 Å². The van der Waals surface area contributed by atoms with E-state index in [4.69, 9.17) is 0 Å². The van der Waals surface area contributed by atoms with Gasteiger partial charge < -0.3 is 4.90 Å². The van der Waals surface area contributed by atoms with Gasteiger partial charge in [0, 0.05) is 37.6 Å². The maximum absolute atomic E-state index is 12.5. The summed E-state index contributed by atoms with van der Waals surface area (Å²) in [6.07, 6.45) is 2.27. The number of tetrazole rings is 1. The molecule has 0 atom stereocenters. The maximum atomic E-state index is 12.5. The van der Waals surface area contributed by atoms with E-state index in [1.54, 1.807) is 11.3 Å². The molecule has 0 bridgehead atoms. The van der Waals surface area contributed by atoms with Gasteiger partial charge in [0.1, 0.15) is 0 Å². The fraction of sp³-hybridized carbons (Fsp3) is 0.600. The van der Waals surface area contributed by atoms with Crippen LogP contribution in [0.5, 0.6) is 0 Å². The topological polar surface area (TPSA) is 67.2 Å². The van der Waals surface area contributed by atoms with Crippen LogP contribution < -0.4 is 0 Å². The van der Waals surface area contributed by atoms with Crippen molar-refractivity contribution in [2.24, 2.45) is 0 Å². The highest BCUT2D eigenvalue weighted by molar-refractivity contribution is 9.11. The van der Waals surface area contributed by atoms with Gasteiger partial charge in [0.2, 0.25) is 11.1 Å². The Morgan fingerprint density at radius 1 is 1.28 bits per heavy atom. The third-order valence-electron chi connectivity index (χ3n) is 4.41. The lowest BCUT2D eigenvalue weighted by Crippen LogP contribution is -2.48. The predicted octanol–water partition coefficient (Wildman–Crippen LogP) is 2.27. The molecule has 4 rings (SSSR count). The molecule has 1 amide bonds. The first-order valence-corrected chi connectivity index (χ1v) is 10.9. The molecule has 10 heteroatoms. The van der Waals surface area contributed by atoms with Gasteiger partial charge in [-0.1, -0.05) is 11.8 Å². The second-order valence-electron chi connectivity index (χ2n) is 6.29. The lowest BCUT2D eigenvalue weighted by atomic mass is 10.3. The molecule has 134 valence electrons. The lowest BCUT2D eigenvalue weighted by molar-refractivity contribution is -0.130. The van der Waals surface area contributed by atoms with E-state index >= 15 is 0 Å². The Balaban J connectivity index is 1.23. The summed E-state index contributed by atoms with van der Waals surface area (Å²) < 4.78 is 3.02. The normalized spacial score (nSPS) is 18.7. The van der Waals surface area contributed by atoms with Crippen molar-refractivity contribution in [1.82, 2.24) is 30.0 Å². The number of aromatic nitrogens is 4. The van der Waals surface area contributed by atoms with Gasteiger partial charge in [0.15, 0.2) is 0 Å². The summed E-state index contributed by atoms with van der Waals surface area (Å²) in [5, 5.41) is 12.6. The van der Waals surface area contributed by atoms with Gasteiger partial charge in [-0.15, -0.1) is 16.4 Å². The molecule has 0 spiro atoms. The Morgan fingerprint density at radius 2 is 2.08 bits per heavy atom. The Kier molecular flexibility index (Phi) is 5.39. The number of hydrogen-bond acceptors (Lipinski definition) is 7. The molecule has 2 aromatic rings. The third kappa shape index (κ3) is 4.42. The minimum absolute atomic E-state index is 0.175. The molecule has 0 N–H and O–H groups in total. The number of halogens is 1. The van der Waals surface area contributed by atoms with Gasteiger partial charge in [0.05, 0.1) is 15.6 Å². The summed E-state index contributed by atoms with van der Waals surface area (Å²) in [5.74, 6) is 0.583. The fourth-order valence-electron chi connectivity index (χ4n) is 2.86. The van der Waals surface area contributed by atoms with Crippen LogP contribution >= 0.6 is 39.0 Å². The second kappa shape index (κ2) is 7.73. The largest absolute Gasteiger partial charge is 0.339 e. The van der Waals surface area contributed by atoms with Gasteiger partial charge in [-0.25, -0.2) is 4.68 Å². The van der Waals surface area contributed by atoms with E-state index < -0.39 is 0 Å². The van der Waals surface area contributed by atoms with Gasteiger partial charge in [0.25, 0.3) is 0 Å². The van der Waals surface area contributed by atoms with Crippen LogP contribution in [0.3, 0.4) is 0 Å². The summed E-state index contributed by atoms with van der Waals surface area (Å²) in [7, 11) is 0. The number of hydrogen-bond donors (Lipinski definition) is 0. The molecular weight excluding hydrogens is 424 g/mol. The number of carbonyl (C=O) groups excluding carboxylic acids is 1. The first kappa shape index (κ1) is 17.4. The Hall–Kier alpha value is -0.970. The summed E-state index contributed by atoms with van der Waals surface area (Å²) >= 11 is 6.73. The predicted molar refractivity (Wildman–Crippen MR) is 101 cm³/mol. The van der Waals surface area contributed by atoms with Crippen molar-refractivity contribution in [3.8, 4) is 0 Å². The van der Waals surface area contributed by atoms with E-state index in [2.05, 4.69) is 48.5 Å². The average molecular weight is 443 g/mol. The van der Waals surface area contributed by atoms with Crippen molar-refractivity contribution in [1.29, 1.82) is 0 Å². The van der Waals surface area contributed by atoms with Crippen molar-refractivity contribution < 1.29 is 4.79 Å². The standard InChI is InChI=1S/C15H19BrN6OS2/c16-13-4-3-12(25-13)9-20-5-7-21(8-6-20)14(23)10-24-15-17-18-19-22(15)11-1-2-11/h3-4,11H,1-2,5-10H2. The van der Waals surface area contributed by atoms with E-state index in [1.807, 2.05) is 9.58 Å². The Labute approximate surface area is 162 Å². The monoisotopic (exact) mass is 442 g/mol. The highest BCUT2D eigenvalue weighted by Gasteiger charge is 2.28. The highest BCUT2D eigenvalue weighted by atomic mass is 79.9. The zero-order chi connectivity index (χ0) is 17.2. The number of amides is 1. The lowest BCUT2D eigenvalue weighted by Gasteiger charge is -2.34. The second-order valence-corrected chi connectivity index (χ2v) is 9.78. The molecule has 1 saturated heterocycles. The van der Waals surface area contributed by atoms with Crippen LogP contribution in [0.1, 0.15) is 23.8 Å². The maximum Gasteiger partial charge on any atom is 0.233 e. The van der Waals surface area contributed by atoms with Crippen LogP contribution in [0.4, 0.5) is 0 Å². The van der Waals surface area contributed by atoms with Gasteiger partial charge >= 0.3 is 0 Å². The van der Waals surface area contributed by atoms with Crippen LogP contribution in [0.15, 0.2) is 21.1 Å². The van der Waals surface area contributed by atoms with Crippen molar-refractivity contribution >= 4 is 44.9 Å². The molecule has 1 saturated carbocycles. The van der Waals surface area contributed by atoms with Crippen LogP contribution in [0.2, 0.25) is 0 Å². The molecule has 2 fully saturated rings. The van der Waals surface area contributed by atoms with Crippen LogP contribution in [0.25, 0.3) is 0 Å². The third-order valence-corrected chi connectivity index (χ3v) is 6.94. The van der Waals surface area contributed by atoms with Crippen LogP contribution in [-0.2, 0) is 11.3 Å². The molecule has 25 heavy (non-hydrogen) atoms. The van der Waals surface area contributed by atoms with Crippen LogP contribution in [-0.4, -0.2) is 67.8 Å². The minimum Gasteiger partial charge on any atom is -0.339 e. The number of thioether (sulfide) groups is 1. The summed E-state index contributed by atoms with van der Waals surface area (Å²) in [5.41, 5.74) is 0. The molecule has 0 aromatic carbocycles. The van der Waals surface area contributed by atoms with Crippen molar-refractivity contribution in [3.05, 3.63) is 20.8 Å². The number of thiophene rings is 1. The van der Waals surface area contributed by atoms with Gasteiger partial charge in [-0.3, -0.25) is 9.69 Å². The van der Waals surface area contributed by atoms with Crippen LogP contribution in [0, 0.1) is 0 Å². The molecule has 7 nitrogen and oxygen atoms in total. The molecule has 0 radical (unpaired) electrons. The number of rotatable bonds is 6. The van der Waals surface area contributed by atoms with E-state index in [0.29, 0.717) is 11.8 Å². The smallest absolute Gasteiger partial charge is 0.233 e. The Bertz CT molecular complexity index is 738. The quantitative estimate of drug-likeness (QED) is 0.639. The van der Waals surface area contributed by atoms with Gasteiger partial charge in [-0.05, 0) is 51.3 Å². The minimum atomic E-state index is 0.175. The Morgan fingerprint density at radius 3 is 2.76 bits per heavy atom. The number of piperazine rings is 1. The summed E-state index contributed by atoms with van der Waals surface area (Å²) in [4.78, 5) is 18.2. The average Bonchev–Trinajstić information content (AvgIpc) is 3.22. The summed E-state index contributed by atoms with van der Waals surface area (Å²) in [6, 6.07) is 4.69. The highest BCUT2D eigenvalue weighted by Crippen LogP contribution is 2.36. The zero-order valence-corrected chi connectivity index (χ0v) is 16.9. The van der Waals surface area contributed by atoms with E-state index in [9.17, 15) is 4.79 Å². The molecule has 3 heterocycles. The molecule has 1 aliphatic carbocycles.